The van der Waals surface area contributed by atoms with Gasteiger partial charge in [-0.25, -0.2) is 0 Å². The third-order valence-corrected chi connectivity index (χ3v) is 8.12. The van der Waals surface area contributed by atoms with Gasteiger partial charge in [0.25, 0.3) is 11.3 Å². The number of benzene rings is 3. The Morgan fingerprint density at radius 1 is 0.897 bits per heavy atom. The summed E-state index contributed by atoms with van der Waals surface area (Å²) < 4.78 is 27.8. The maximum Gasteiger partial charge on any atom is 0.311 e. The Morgan fingerprint density at radius 3 is 1.97 bits per heavy atom. The van der Waals surface area contributed by atoms with Crippen molar-refractivity contribution in [2.45, 2.75) is 73.3 Å². The van der Waals surface area contributed by atoms with Crippen LogP contribution >= 0.6 is 0 Å². The number of aryl methyl sites for hydroxylation is 3. The summed E-state index contributed by atoms with van der Waals surface area (Å²) >= 11 is -1.91. The van der Waals surface area contributed by atoms with E-state index in [0.717, 1.165) is 27.8 Å². The minimum absolute atomic E-state index is 0.100. The minimum Gasteiger partial charge on any atom is -0.455 e. The van der Waals surface area contributed by atoms with Crippen molar-refractivity contribution in [1.82, 2.24) is 4.31 Å². The van der Waals surface area contributed by atoms with Crippen molar-refractivity contribution in [3.8, 4) is 5.75 Å². The lowest BCUT2D eigenvalue weighted by molar-refractivity contribution is -0.161. The van der Waals surface area contributed by atoms with E-state index < -0.39 is 41.4 Å². The van der Waals surface area contributed by atoms with Crippen LogP contribution in [0.3, 0.4) is 0 Å². The number of esters is 1. The number of ether oxygens (including phenoxy) is 1. The first kappa shape index (κ1) is 30.5. The maximum absolute atomic E-state index is 13.9. The van der Waals surface area contributed by atoms with Gasteiger partial charge in [-0.3, -0.25) is 4.79 Å². The molecular formula is C32H41NO5S. The van der Waals surface area contributed by atoms with Gasteiger partial charge in [-0.15, -0.1) is 0 Å². The second kappa shape index (κ2) is 13.9. The van der Waals surface area contributed by atoms with Gasteiger partial charge in [0.15, 0.2) is 0 Å². The molecule has 3 rings (SSSR count). The molecule has 39 heavy (non-hydrogen) atoms. The molecule has 1 N–H and O–H groups in total. The number of carbonyl (C=O) groups is 1. The molecule has 6 nitrogen and oxygen atoms in total. The molecule has 0 radical (unpaired) electrons. The summed E-state index contributed by atoms with van der Waals surface area (Å²) in [5.41, 5.74) is 4.61. The molecule has 0 amide bonds. The third kappa shape index (κ3) is 8.01. The number of nitrogens with zero attached hydrogens (tertiary/aromatic N) is 1. The zero-order valence-corrected chi connectivity index (χ0v) is 24.8. The zero-order valence-electron chi connectivity index (χ0n) is 24.0. The standard InChI is InChI=1S/C32H41NO5S/c1-21(2)29(34)25(6)32(35)37-31(28-16-12-9-13-17-28)26(7)33(20-27-14-10-8-11-15-27)39(36)38-30-23(4)18-22(3)19-24(30)5/h8-19,21,25-26,29,31,34H,20H2,1-7H3/t25-,26+,29-,31+,39?/m1/s1. The van der Waals surface area contributed by atoms with E-state index in [2.05, 4.69) is 0 Å². The van der Waals surface area contributed by atoms with Crippen molar-refractivity contribution in [2.24, 2.45) is 11.8 Å². The number of hydrogen-bond donors (Lipinski definition) is 1. The lowest BCUT2D eigenvalue weighted by Crippen LogP contribution is -2.42. The fourth-order valence-electron chi connectivity index (χ4n) is 4.70. The number of aliphatic hydroxyl groups excluding tert-OH is 1. The molecule has 1 unspecified atom stereocenters. The summed E-state index contributed by atoms with van der Waals surface area (Å²) in [6.07, 6.45) is -1.59. The highest BCUT2D eigenvalue weighted by molar-refractivity contribution is 7.78. The molecule has 3 aromatic rings. The van der Waals surface area contributed by atoms with Crippen LogP contribution in [0.15, 0.2) is 72.8 Å². The number of hydrogen-bond acceptors (Lipinski definition) is 5. The van der Waals surface area contributed by atoms with Gasteiger partial charge in [0.1, 0.15) is 11.9 Å². The molecule has 5 atom stereocenters. The van der Waals surface area contributed by atoms with Gasteiger partial charge >= 0.3 is 5.97 Å². The number of aliphatic hydroxyl groups is 1. The summed E-state index contributed by atoms with van der Waals surface area (Å²) in [6, 6.07) is 22.6. The van der Waals surface area contributed by atoms with Crippen LogP contribution in [0.2, 0.25) is 0 Å². The van der Waals surface area contributed by atoms with E-state index >= 15 is 0 Å². The molecule has 7 heteroatoms. The lowest BCUT2D eigenvalue weighted by Gasteiger charge is -2.34. The predicted molar refractivity (Wildman–Crippen MR) is 156 cm³/mol. The summed E-state index contributed by atoms with van der Waals surface area (Å²) in [7, 11) is 0. The van der Waals surface area contributed by atoms with Crippen molar-refractivity contribution in [3.05, 3.63) is 101 Å². The van der Waals surface area contributed by atoms with Gasteiger partial charge in [0.05, 0.1) is 18.1 Å². The summed E-state index contributed by atoms with van der Waals surface area (Å²) in [4.78, 5) is 13.2. The molecular weight excluding hydrogens is 510 g/mol. The van der Waals surface area contributed by atoms with E-state index in [1.807, 2.05) is 114 Å². The van der Waals surface area contributed by atoms with Crippen LogP contribution in [-0.4, -0.2) is 31.7 Å². The van der Waals surface area contributed by atoms with E-state index in [1.54, 1.807) is 11.2 Å². The molecule has 210 valence electrons. The monoisotopic (exact) mass is 551 g/mol. The van der Waals surface area contributed by atoms with Crippen molar-refractivity contribution < 1.29 is 23.0 Å². The van der Waals surface area contributed by atoms with Crippen LogP contribution in [0, 0.1) is 32.6 Å². The van der Waals surface area contributed by atoms with Crippen LogP contribution < -0.4 is 4.18 Å². The average molecular weight is 552 g/mol. The molecule has 0 bridgehead atoms. The van der Waals surface area contributed by atoms with Gasteiger partial charge in [-0.1, -0.05) is 92.2 Å². The molecule has 0 aliphatic heterocycles. The maximum atomic E-state index is 13.9. The summed E-state index contributed by atoms with van der Waals surface area (Å²) in [6.45, 7) is 13.5. The van der Waals surface area contributed by atoms with Crippen LogP contribution in [-0.2, 0) is 27.3 Å². The van der Waals surface area contributed by atoms with Crippen molar-refractivity contribution in [3.63, 3.8) is 0 Å². The Morgan fingerprint density at radius 2 is 1.44 bits per heavy atom. The van der Waals surface area contributed by atoms with Crippen LogP contribution in [0.5, 0.6) is 5.75 Å². The molecule has 0 aliphatic carbocycles. The SMILES string of the molecule is Cc1cc(C)c(OS(=O)N(Cc2ccccc2)[C@@H](C)[C@H](OC(=O)[C@H](C)[C@H](O)C(C)C)c2ccccc2)c(C)c1. The second-order valence-electron chi connectivity index (χ2n) is 10.6. The number of carbonyl (C=O) groups excluding carboxylic acids is 1. The first-order valence-corrected chi connectivity index (χ1v) is 14.4. The predicted octanol–water partition coefficient (Wildman–Crippen LogP) is 6.40. The Balaban J connectivity index is 1.99. The molecule has 0 spiro atoms. The largest absolute Gasteiger partial charge is 0.455 e. The molecule has 0 fully saturated rings. The third-order valence-electron chi connectivity index (χ3n) is 6.96. The molecule has 0 heterocycles. The van der Waals surface area contributed by atoms with Gasteiger partial charge in [-0.05, 0) is 62.8 Å². The first-order valence-electron chi connectivity index (χ1n) is 13.4. The average Bonchev–Trinajstić information content (AvgIpc) is 2.91. The van der Waals surface area contributed by atoms with E-state index in [1.165, 1.54) is 0 Å². The van der Waals surface area contributed by atoms with Crippen molar-refractivity contribution >= 4 is 17.2 Å². The minimum atomic E-state index is -1.91. The second-order valence-corrected chi connectivity index (χ2v) is 11.7. The van der Waals surface area contributed by atoms with E-state index in [9.17, 15) is 14.1 Å². The smallest absolute Gasteiger partial charge is 0.311 e. The highest BCUT2D eigenvalue weighted by Gasteiger charge is 2.36. The van der Waals surface area contributed by atoms with E-state index in [-0.39, 0.29) is 5.92 Å². The highest BCUT2D eigenvalue weighted by atomic mass is 32.2. The lowest BCUT2D eigenvalue weighted by atomic mass is 9.94. The Labute approximate surface area is 235 Å². The van der Waals surface area contributed by atoms with Gasteiger partial charge in [0.2, 0.25) is 0 Å². The van der Waals surface area contributed by atoms with Crippen molar-refractivity contribution in [2.75, 3.05) is 0 Å². The Hall–Kier alpha value is -3.00. The molecule has 0 saturated heterocycles. The summed E-state index contributed by atoms with van der Waals surface area (Å²) in [5, 5.41) is 10.5. The summed E-state index contributed by atoms with van der Waals surface area (Å²) in [5.74, 6) is -0.748. The van der Waals surface area contributed by atoms with Gasteiger partial charge in [0, 0.05) is 6.54 Å². The molecule has 0 aromatic heterocycles. The van der Waals surface area contributed by atoms with Crippen molar-refractivity contribution in [1.29, 1.82) is 0 Å². The van der Waals surface area contributed by atoms with Gasteiger partial charge in [-0.2, -0.15) is 8.51 Å². The number of rotatable bonds is 12. The first-order chi connectivity index (χ1) is 18.5. The normalized spacial score (nSPS) is 15.4. The topological polar surface area (TPSA) is 76.1 Å². The van der Waals surface area contributed by atoms with Crippen LogP contribution in [0.4, 0.5) is 0 Å². The fraction of sp³-hybridized carbons (Fsp3) is 0.406. The Bertz CT molecular complexity index is 1220. The van der Waals surface area contributed by atoms with E-state index in [4.69, 9.17) is 8.92 Å². The quantitative estimate of drug-likeness (QED) is 0.264. The van der Waals surface area contributed by atoms with Crippen LogP contribution in [0.25, 0.3) is 0 Å². The zero-order chi connectivity index (χ0) is 28.7. The van der Waals surface area contributed by atoms with Gasteiger partial charge < -0.3 is 14.0 Å². The molecule has 0 aliphatic rings. The molecule has 3 aromatic carbocycles. The molecule has 0 saturated carbocycles. The Kier molecular flexibility index (Phi) is 10.9. The fourth-order valence-corrected chi connectivity index (χ4v) is 5.84. The van der Waals surface area contributed by atoms with Crippen LogP contribution in [0.1, 0.15) is 61.6 Å². The van der Waals surface area contributed by atoms with E-state index in [0.29, 0.717) is 12.3 Å². The highest BCUT2D eigenvalue weighted by Crippen LogP contribution is 2.32.